The van der Waals surface area contributed by atoms with E-state index in [4.69, 9.17) is 9.47 Å². The van der Waals surface area contributed by atoms with Crippen LogP contribution in [-0.4, -0.2) is 25.0 Å². The number of allylic oxidation sites excluding steroid dienone is 3. The van der Waals surface area contributed by atoms with Crippen molar-refractivity contribution in [2.75, 3.05) is 7.11 Å². The number of esters is 1. The Balaban J connectivity index is 1.55. The average Bonchev–Trinajstić information content (AvgIpc) is 2.88. The maximum Gasteiger partial charge on any atom is 0.337 e. The van der Waals surface area contributed by atoms with Crippen LogP contribution in [0.25, 0.3) is 0 Å². The third-order valence-electron chi connectivity index (χ3n) is 7.65. The SMILES string of the molecule is COc1ccc([C@H]2C(C(=O)OC3CCCCC3)=C(C)NC3=C2C(=O)C[C@@H](c2ccccc2)C3)cc1Br. The summed E-state index contributed by atoms with van der Waals surface area (Å²) in [6.45, 7) is 1.92. The molecule has 2 aromatic rings. The minimum Gasteiger partial charge on any atom is -0.496 e. The number of dihydropyridines is 1. The number of ether oxygens (including phenoxy) is 2. The van der Waals surface area contributed by atoms with E-state index >= 15 is 0 Å². The lowest BCUT2D eigenvalue weighted by atomic mass is 9.71. The Morgan fingerprint density at radius 2 is 1.75 bits per heavy atom. The van der Waals surface area contributed by atoms with Crippen molar-refractivity contribution in [2.24, 2.45) is 0 Å². The molecule has 0 bridgehead atoms. The quantitative estimate of drug-likeness (QED) is 0.420. The van der Waals surface area contributed by atoms with Gasteiger partial charge in [-0.3, -0.25) is 4.79 Å². The maximum atomic E-state index is 13.8. The summed E-state index contributed by atoms with van der Waals surface area (Å²) in [5.41, 5.74) is 4.91. The number of nitrogens with one attached hydrogen (secondary N) is 1. The van der Waals surface area contributed by atoms with Gasteiger partial charge in [0.15, 0.2) is 5.78 Å². The van der Waals surface area contributed by atoms with E-state index in [1.165, 1.54) is 6.42 Å². The molecule has 1 aliphatic heterocycles. The number of carbonyl (C=O) groups excluding carboxylic acids is 2. The molecule has 0 saturated heterocycles. The van der Waals surface area contributed by atoms with Crippen molar-refractivity contribution >= 4 is 27.7 Å². The predicted octanol–water partition coefficient (Wildman–Crippen LogP) is 6.70. The number of Topliss-reactive ketones (excluding diaryl/α,β-unsaturated/α-hetero) is 1. The number of methoxy groups -OCH3 is 1. The molecule has 36 heavy (non-hydrogen) atoms. The summed E-state index contributed by atoms with van der Waals surface area (Å²) in [5, 5.41) is 3.45. The van der Waals surface area contributed by atoms with Gasteiger partial charge in [0.05, 0.1) is 17.2 Å². The molecule has 1 fully saturated rings. The number of hydrogen-bond acceptors (Lipinski definition) is 5. The summed E-state index contributed by atoms with van der Waals surface area (Å²) in [6, 6.07) is 16.0. The first-order valence-corrected chi connectivity index (χ1v) is 13.6. The predicted molar refractivity (Wildman–Crippen MR) is 143 cm³/mol. The van der Waals surface area contributed by atoms with Crippen LogP contribution in [0.1, 0.15) is 74.8 Å². The minimum absolute atomic E-state index is 0.0605. The van der Waals surface area contributed by atoms with Gasteiger partial charge in [-0.05, 0) is 84.1 Å². The van der Waals surface area contributed by atoms with Crippen LogP contribution in [0.3, 0.4) is 0 Å². The van der Waals surface area contributed by atoms with Crippen LogP contribution < -0.4 is 10.1 Å². The second kappa shape index (κ2) is 10.6. The molecule has 0 radical (unpaired) electrons. The molecule has 6 heteroatoms. The molecule has 2 atom stereocenters. The summed E-state index contributed by atoms with van der Waals surface area (Å²) < 4.78 is 12.2. The van der Waals surface area contributed by atoms with Crippen molar-refractivity contribution in [3.05, 3.63) is 86.7 Å². The van der Waals surface area contributed by atoms with E-state index in [2.05, 4.69) is 33.4 Å². The topological polar surface area (TPSA) is 64.6 Å². The van der Waals surface area contributed by atoms with E-state index in [1.807, 2.05) is 43.3 Å². The van der Waals surface area contributed by atoms with Crippen LogP contribution in [0, 0.1) is 0 Å². The fraction of sp³-hybridized carbons (Fsp3) is 0.400. The Morgan fingerprint density at radius 1 is 1.00 bits per heavy atom. The Kier molecular flexibility index (Phi) is 7.33. The summed E-state index contributed by atoms with van der Waals surface area (Å²) in [5.74, 6) is 0.0759. The van der Waals surface area contributed by atoms with Crippen LogP contribution in [-0.2, 0) is 14.3 Å². The minimum atomic E-state index is -0.483. The molecule has 0 unspecified atom stereocenters. The zero-order valence-corrected chi connectivity index (χ0v) is 22.4. The first-order valence-electron chi connectivity index (χ1n) is 12.8. The number of hydrogen-bond donors (Lipinski definition) is 1. The lowest BCUT2D eigenvalue weighted by Crippen LogP contribution is -2.37. The highest BCUT2D eigenvalue weighted by molar-refractivity contribution is 9.10. The van der Waals surface area contributed by atoms with Crippen LogP contribution in [0.5, 0.6) is 5.75 Å². The molecule has 1 heterocycles. The van der Waals surface area contributed by atoms with Crippen molar-refractivity contribution in [1.29, 1.82) is 0 Å². The normalized spacial score (nSPS) is 22.7. The smallest absolute Gasteiger partial charge is 0.337 e. The van der Waals surface area contributed by atoms with E-state index in [9.17, 15) is 9.59 Å². The second-order valence-electron chi connectivity index (χ2n) is 9.99. The van der Waals surface area contributed by atoms with Gasteiger partial charge in [0.25, 0.3) is 0 Å². The monoisotopic (exact) mass is 549 g/mol. The van der Waals surface area contributed by atoms with Crippen LogP contribution in [0.4, 0.5) is 0 Å². The van der Waals surface area contributed by atoms with Gasteiger partial charge in [0, 0.05) is 29.3 Å². The van der Waals surface area contributed by atoms with E-state index in [0.29, 0.717) is 23.3 Å². The van der Waals surface area contributed by atoms with E-state index < -0.39 is 5.92 Å². The molecule has 188 valence electrons. The molecule has 2 aliphatic carbocycles. The highest BCUT2D eigenvalue weighted by Crippen LogP contribution is 2.47. The van der Waals surface area contributed by atoms with Crippen molar-refractivity contribution < 1.29 is 19.1 Å². The Bertz CT molecular complexity index is 1230. The van der Waals surface area contributed by atoms with E-state index in [-0.39, 0.29) is 23.8 Å². The van der Waals surface area contributed by atoms with Gasteiger partial charge in [-0.15, -0.1) is 0 Å². The van der Waals surface area contributed by atoms with Crippen LogP contribution in [0.2, 0.25) is 0 Å². The lowest BCUT2D eigenvalue weighted by molar-refractivity contribution is -0.146. The second-order valence-corrected chi connectivity index (χ2v) is 10.8. The molecule has 0 amide bonds. The van der Waals surface area contributed by atoms with Gasteiger partial charge in [-0.25, -0.2) is 4.79 Å². The first kappa shape index (κ1) is 24.8. The summed E-state index contributed by atoms with van der Waals surface area (Å²) in [7, 11) is 1.62. The van der Waals surface area contributed by atoms with Gasteiger partial charge in [0.1, 0.15) is 11.9 Å². The van der Waals surface area contributed by atoms with Gasteiger partial charge in [-0.1, -0.05) is 42.8 Å². The fourth-order valence-electron chi connectivity index (χ4n) is 5.86. The maximum absolute atomic E-state index is 13.8. The number of rotatable bonds is 5. The number of halogens is 1. The molecule has 5 nitrogen and oxygen atoms in total. The van der Waals surface area contributed by atoms with Gasteiger partial charge in [-0.2, -0.15) is 0 Å². The molecule has 2 aromatic carbocycles. The van der Waals surface area contributed by atoms with Gasteiger partial charge < -0.3 is 14.8 Å². The Hall–Kier alpha value is -2.86. The standard InChI is InChI=1S/C30H32BrNO4/c1-18-27(30(34)36-22-11-7-4-8-12-22)28(20-13-14-26(35-2)23(31)15-20)29-24(32-18)16-21(17-25(29)33)19-9-5-3-6-10-19/h3,5-6,9-10,13-15,21-22,28,32H,4,7-8,11-12,16-17H2,1-2H3/t21-,28-/m0/s1. The zero-order valence-electron chi connectivity index (χ0n) is 20.8. The van der Waals surface area contributed by atoms with Crippen molar-refractivity contribution in [2.45, 2.75) is 69.8 Å². The molecular formula is C30H32BrNO4. The molecule has 1 saturated carbocycles. The van der Waals surface area contributed by atoms with Crippen molar-refractivity contribution in [3.8, 4) is 5.75 Å². The summed E-state index contributed by atoms with van der Waals surface area (Å²) in [6.07, 6.45) is 6.23. The van der Waals surface area contributed by atoms with E-state index in [1.54, 1.807) is 7.11 Å². The van der Waals surface area contributed by atoms with Crippen molar-refractivity contribution in [1.82, 2.24) is 5.32 Å². The number of carbonyl (C=O) groups is 2. The van der Waals surface area contributed by atoms with Crippen LogP contribution >= 0.6 is 15.9 Å². The van der Waals surface area contributed by atoms with Gasteiger partial charge >= 0.3 is 5.97 Å². The molecule has 0 spiro atoms. The first-order chi connectivity index (χ1) is 17.5. The summed E-state index contributed by atoms with van der Waals surface area (Å²) in [4.78, 5) is 27.4. The summed E-state index contributed by atoms with van der Waals surface area (Å²) >= 11 is 3.60. The molecule has 3 aliphatic rings. The van der Waals surface area contributed by atoms with Crippen LogP contribution in [0.15, 0.2) is 75.5 Å². The third kappa shape index (κ3) is 4.88. The number of ketones is 1. The highest BCUT2D eigenvalue weighted by Gasteiger charge is 2.42. The zero-order chi connectivity index (χ0) is 25.2. The average molecular weight is 550 g/mol. The molecular weight excluding hydrogens is 518 g/mol. The molecule has 1 N–H and O–H groups in total. The Labute approximate surface area is 221 Å². The molecule has 5 rings (SSSR count). The fourth-order valence-corrected chi connectivity index (χ4v) is 6.42. The van der Waals surface area contributed by atoms with E-state index in [0.717, 1.165) is 59.1 Å². The molecule has 0 aromatic heterocycles. The number of benzene rings is 2. The third-order valence-corrected chi connectivity index (χ3v) is 8.27. The Morgan fingerprint density at radius 3 is 2.44 bits per heavy atom. The highest BCUT2D eigenvalue weighted by atomic mass is 79.9. The largest absolute Gasteiger partial charge is 0.496 e. The van der Waals surface area contributed by atoms with Crippen molar-refractivity contribution in [3.63, 3.8) is 0 Å². The van der Waals surface area contributed by atoms with Gasteiger partial charge in [0.2, 0.25) is 0 Å². The lowest BCUT2D eigenvalue weighted by Gasteiger charge is -2.37.